The fraction of sp³-hybridized carbons (Fsp3) is 0.263. The summed E-state index contributed by atoms with van der Waals surface area (Å²) >= 11 is 0. The zero-order valence-electron chi connectivity index (χ0n) is 14.2. The van der Waals surface area contributed by atoms with Gasteiger partial charge in [-0.25, -0.2) is 0 Å². The molecule has 0 bridgehead atoms. The summed E-state index contributed by atoms with van der Waals surface area (Å²) in [5.74, 6) is 1.06. The van der Waals surface area contributed by atoms with Gasteiger partial charge >= 0.3 is 0 Å². The van der Waals surface area contributed by atoms with Crippen molar-refractivity contribution < 1.29 is 19.1 Å². The summed E-state index contributed by atoms with van der Waals surface area (Å²) in [6, 6.07) is 14.3. The van der Waals surface area contributed by atoms with E-state index in [1.165, 1.54) is 0 Å². The van der Waals surface area contributed by atoms with E-state index in [-0.39, 0.29) is 24.5 Å². The van der Waals surface area contributed by atoms with Crippen LogP contribution in [0, 0.1) is 0 Å². The van der Waals surface area contributed by atoms with Gasteiger partial charge in [0.2, 0.25) is 0 Å². The molecule has 1 atom stereocenters. The lowest BCUT2D eigenvalue weighted by molar-refractivity contribution is -0.123. The normalized spacial score (nSPS) is 15.7. The first-order valence-electron chi connectivity index (χ1n) is 8.00. The maximum absolute atomic E-state index is 12.2. The number of ether oxygens (including phenoxy) is 2. The van der Waals surface area contributed by atoms with Crippen molar-refractivity contribution in [1.29, 1.82) is 0 Å². The molecular formula is C19H20N2O4. The fourth-order valence-electron chi connectivity index (χ4n) is 2.85. The Morgan fingerprint density at radius 2 is 1.80 bits per heavy atom. The van der Waals surface area contributed by atoms with Crippen LogP contribution in [-0.2, 0) is 4.79 Å². The molecule has 0 saturated heterocycles. The van der Waals surface area contributed by atoms with Crippen molar-refractivity contribution in [2.45, 2.75) is 6.04 Å². The van der Waals surface area contributed by atoms with Gasteiger partial charge in [-0.2, -0.15) is 0 Å². The lowest BCUT2D eigenvalue weighted by Crippen LogP contribution is -2.36. The van der Waals surface area contributed by atoms with Crippen LogP contribution in [0.4, 0.5) is 0 Å². The van der Waals surface area contributed by atoms with Crippen LogP contribution in [0.25, 0.3) is 0 Å². The van der Waals surface area contributed by atoms with Crippen LogP contribution in [0.15, 0.2) is 48.5 Å². The van der Waals surface area contributed by atoms with Crippen LogP contribution in [-0.4, -0.2) is 44.0 Å². The average Bonchev–Trinajstić information content (AvgIpc) is 2.89. The van der Waals surface area contributed by atoms with E-state index in [1.807, 2.05) is 24.3 Å². The highest BCUT2D eigenvalue weighted by Crippen LogP contribution is 2.31. The fourth-order valence-corrected chi connectivity index (χ4v) is 2.85. The minimum atomic E-state index is -0.235. The number of carbonyl (C=O) groups is 2. The minimum Gasteiger partial charge on any atom is -0.497 e. The largest absolute Gasteiger partial charge is 0.497 e. The molecule has 0 spiro atoms. The van der Waals surface area contributed by atoms with Crippen LogP contribution in [0.5, 0.6) is 11.5 Å². The monoisotopic (exact) mass is 340 g/mol. The van der Waals surface area contributed by atoms with Crippen LogP contribution in [0.3, 0.4) is 0 Å². The number of likely N-dealkylation sites (N-methyl/N-ethyl adjacent to an activating group) is 1. The molecular weight excluding hydrogens is 320 g/mol. The molecule has 2 amide bonds. The highest BCUT2D eigenvalue weighted by Gasteiger charge is 2.33. The van der Waals surface area contributed by atoms with Gasteiger partial charge in [0.05, 0.1) is 13.2 Å². The number of amides is 2. The number of fused-ring (bicyclic) bond motifs is 1. The summed E-state index contributed by atoms with van der Waals surface area (Å²) in [4.78, 5) is 25.9. The van der Waals surface area contributed by atoms with Gasteiger partial charge in [-0.3, -0.25) is 9.59 Å². The third kappa shape index (κ3) is 3.57. The Morgan fingerprint density at radius 1 is 1.12 bits per heavy atom. The maximum atomic E-state index is 12.2. The number of hydrogen-bond acceptors (Lipinski definition) is 4. The van der Waals surface area contributed by atoms with Gasteiger partial charge in [-0.05, 0) is 35.9 Å². The Bertz CT molecular complexity index is 773. The van der Waals surface area contributed by atoms with Gasteiger partial charge in [0.25, 0.3) is 11.8 Å². The number of nitrogens with one attached hydrogen (secondary N) is 1. The molecule has 1 heterocycles. The number of benzene rings is 2. The van der Waals surface area contributed by atoms with Crippen molar-refractivity contribution in [3.8, 4) is 11.5 Å². The third-order valence-electron chi connectivity index (χ3n) is 4.26. The lowest BCUT2D eigenvalue weighted by Gasteiger charge is -2.21. The number of rotatable bonds is 6. The summed E-state index contributed by atoms with van der Waals surface area (Å²) in [6.45, 7) is 0.266. The van der Waals surface area contributed by atoms with Crippen LogP contribution >= 0.6 is 0 Å². The second-order valence-electron chi connectivity index (χ2n) is 5.79. The van der Waals surface area contributed by atoms with E-state index < -0.39 is 0 Å². The van der Waals surface area contributed by atoms with Gasteiger partial charge in [0, 0.05) is 19.2 Å². The third-order valence-corrected chi connectivity index (χ3v) is 4.26. The van der Waals surface area contributed by atoms with Gasteiger partial charge in [-0.1, -0.05) is 18.2 Å². The van der Waals surface area contributed by atoms with Gasteiger partial charge in [0.15, 0.2) is 6.61 Å². The van der Waals surface area contributed by atoms with Crippen molar-refractivity contribution in [3.63, 3.8) is 0 Å². The molecule has 0 fully saturated rings. The molecule has 25 heavy (non-hydrogen) atoms. The molecule has 0 saturated carbocycles. The first-order valence-corrected chi connectivity index (χ1v) is 8.00. The van der Waals surface area contributed by atoms with E-state index in [0.29, 0.717) is 17.9 Å². The summed E-state index contributed by atoms with van der Waals surface area (Å²) < 4.78 is 10.5. The zero-order chi connectivity index (χ0) is 17.8. The highest BCUT2D eigenvalue weighted by atomic mass is 16.5. The Balaban J connectivity index is 1.53. The predicted octanol–water partition coefficient (Wildman–Crippen LogP) is 2.02. The van der Waals surface area contributed by atoms with E-state index in [2.05, 4.69) is 5.32 Å². The smallest absolute Gasteiger partial charge is 0.258 e. The van der Waals surface area contributed by atoms with Crippen molar-refractivity contribution in [1.82, 2.24) is 10.2 Å². The summed E-state index contributed by atoms with van der Waals surface area (Å²) in [6.07, 6.45) is 0. The van der Waals surface area contributed by atoms with Crippen molar-refractivity contribution in [2.75, 3.05) is 27.3 Å². The van der Waals surface area contributed by atoms with E-state index in [0.717, 1.165) is 11.3 Å². The Morgan fingerprint density at radius 3 is 2.52 bits per heavy atom. The standard InChI is InChI=1S/C19H20N2O4/c1-21-17(15-5-3-4-6-16(15)19(21)23)11-20-18(22)12-25-14-9-7-13(24-2)8-10-14/h3-10,17H,11-12H2,1-2H3,(H,20,22). The molecule has 0 radical (unpaired) electrons. The summed E-state index contributed by atoms with van der Waals surface area (Å²) in [5, 5.41) is 2.83. The second kappa shape index (κ2) is 7.25. The van der Waals surface area contributed by atoms with Crippen LogP contribution < -0.4 is 14.8 Å². The Kier molecular flexibility index (Phi) is 4.88. The zero-order valence-corrected chi connectivity index (χ0v) is 14.2. The first-order chi connectivity index (χ1) is 12.1. The molecule has 6 heteroatoms. The summed E-state index contributed by atoms with van der Waals surface area (Å²) in [5.41, 5.74) is 1.63. The number of carbonyl (C=O) groups excluding carboxylic acids is 2. The molecule has 6 nitrogen and oxygen atoms in total. The Hall–Kier alpha value is -3.02. The molecule has 1 aliphatic rings. The van der Waals surface area contributed by atoms with Crippen molar-refractivity contribution >= 4 is 11.8 Å². The van der Waals surface area contributed by atoms with E-state index in [1.54, 1.807) is 43.3 Å². The Labute approximate surface area is 146 Å². The molecule has 0 aromatic heterocycles. The molecule has 3 rings (SSSR count). The topological polar surface area (TPSA) is 67.9 Å². The maximum Gasteiger partial charge on any atom is 0.258 e. The predicted molar refractivity (Wildman–Crippen MR) is 92.8 cm³/mol. The quantitative estimate of drug-likeness (QED) is 0.874. The van der Waals surface area contributed by atoms with Gasteiger partial charge in [-0.15, -0.1) is 0 Å². The summed E-state index contributed by atoms with van der Waals surface area (Å²) in [7, 11) is 3.33. The average molecular weight is 340 g/mol. The van der Waals surface area contributed by atoms with Gasteiger partial charge < -0.3 is 19.7 Å². The van der Waals surface area contributed by atoms with Crippen molar-refractivity contribution in [3.05, 3.63) is 59.7 Å². The lowest BCUT2D eigenvalue weighted by atomic mass is 10.0. The molecule has 2 aromatic rings. The SMILES string of the molecule is COc1ccc(OCC(=O)NCC2c3ccccc3C(=O)N2C)cc1. The first kappa shape index (κ1) is 16.8. The molecule has 0 aliphatic carbocycles. The molecule has 130 valence electrons. The molecule has 1 unspecified atom stereocenters. The second-order valence-corrected chi connectivity index (χ2v) is 5.79. The number of methoxy groups -OCH3 is 1. The van der Waals surface area contributed by atoms with E-state index in [4.69, 9.17) is 9.47 Å². The van der Waals surface area contributed by atoms with Crippen LogP contribution in [0.1, 0.15) is 22.0 Å². The molecule has 1 N–H and O–H groups in total. The minimum absolute atomic E-state index is 0.0238. The molecule has 1 aliphatic heterocycles. The van der Waals surface area contributed by atoms with E-state index >= 15 is 0 Å². The highest BCUT2D eigenvalue weighted by molar-refractivity contribution is 5.99. The van der Waals surface area contributed by atoms with E-state index in [9.17, 15) is 9.59 Å². The number of nitrogens with zero attached hydrogens (tertiary/aromatic N) is 1. The van der Waals surface area contributed by atoms with Crippen LogP contribution in [0.2, 0.25) is 0 Å². The number of hydrogen-bond donors (Lipinski definition) is 1. The molecule has 2 aromatic carbocycles. The van der Waals surface area contributed by atoms with Gasteiger partial charge in [0.1, 0.15) is 11.5 Å². The van der Waals surface area contributed by atoms with Crippen molar-refractivity contribution in [2.24, 2.45) is 0 Å².